The fourth-order valence-electron chi connectivity index (χ4n) is 3.27. The predicted octanol–water partition coefficient (Wildman–Crippen LogP) is 3.00. The van der Waals surface area contributed by atoms with E-state index >= 15 is 0 Å². The molecule has 3 nitrogen and oxygen atoms in total. The second-order valence-electron chi connectivity index (χ2n) is 5.46. The Kier molecular flexibility index (Phi) is 5.74. The van der Waals surface area contributed by atoms with Crippen LogP contribution in [0.3, 0.4) is 0 Å². The van der Waals surface area contributed by atoms with Crippen LogP contribution < -0.4 is 0 Å². The zero-order valence-corrected chi connectivity index (χ0v) is 12.1. The number of rotatable bonds is 7. The van der Waals surface area contributed by atoms with Crippen LogP contribution in [-0.2, 0) is 14.2 Å². The molecule has 0 radical (unpaired) electrons. The van der Waals surface area contributed by atoms with Crippen LogP contribution in [-0.4, -0.2) is 45.0 Å². The largest absolute Gasteiger partial charge is 0.382 e. The van der Waals surface area contributed by atoms with Gasteiger partial charge in [-0.3, -0.25) is 0 Å². The fraction of sp³-hybridized carbons (Fsp3) is 1.00. The molecule has 0 aliphatic heterocycles. The van der Waals surface area contributed by atoms with E-state index in [1.165, 1.54) is 32.1 Å². The van der Waals surface area contributed by atoms with Crippen molar-refractivity contribution in [3.8, 4) is 0 Å². The summed E-state index contributed by atoms with van der Waals surface area (Å²) in [6.45, 7) is 2.63. The fourth-order valence-corrected chi connectivity index (χ4v) is 3.79. The number of methoxy groups -OCH3 is 1. The minimum Gasteiger partial charge on any atom is -0.382 e. The maximum absolute atomic E-state index is 6.43. The lowest BCUT2D eigenvalue weighted by Gasteiger charge is -2.55. The number of halogens is 1. The van der Waals surface area contributed by atoms with Gasteiger partial charge in [0.15, 0.2) is 0 Å². The van der Waals surface area contributed by atoms with E-state index in [9.17, 15) is 0 Å². The Hall–Kier alpha value is 0.170. The molecule has 0 aromatic carbocycles. The van der Waals surface area contributed by atoms with Gasteiger partial charge in [0.25, 0.3) is 0 Å². The first-order valence-electron chi connectivity index (χ1n) is 7.12. The van der Waals surface area contributed by atoms with E-state index in [4.69, 9.17) is 25.8 Å². The Morgan fingerprint density at radius 3 is 2.44 bits per heavy atom. The minimum atomic E-state index is 0.284. The standard InChI is InChI=1S/C14H25ClO3/c1-16-7-8-17-9-10-18-13-11-12(15)14(13)5-3-2-4-6-14/h12-13H,2-11H2,1H3. The third-order valence-corrected chi connectivity index (χ3v) is 5.06. The summed E-state index contributed by atoms with van der Waals surface area (Å²) in [4.78, 5) is 0. The highest BCUT2D eigenvalue weighted by Crippen LogP contribution is 2.55. The third kappa shape index (κ3) is 3.19. The smallest absolute Gasteiger partial charge is 0.0704 e. The molecule has 0 N–H and O–H groups in total. The second-order valence-corrected chi connectivity index (χ2v) is 5.99. The van der Waals surface area contributed by atoms with Gasteiger partial charge < -0.3 is 14.2 Å². The normalized spacial score (nSPS) is 30.3. The van der Waals surface area contributed by atoms with Crippen LogP contribution in [0.4, 0.5) is 0 Å². The van der Waals surface area contributed by atoms with Gasteiger partial charge in [0.1, 0.15) is 0 Å². The van der Waals surface area contributed by atoms with E-state index in [2.05, 4.69) is 0 Å². The Labute approximate surface area is 115 Å². The number of hydrogen-bond donors (Lipinski definition) is 0. The summed E-state index contributed by atoms with van der Waals surface area (Å²) < 4.78 is 16.3. The zero-order valence-electron chi connectivity index (χ0n) is 11.3. The summed E-state index contributed by atoms with van der Waals surface area (Å²) in [5.74, 6) is 0. The molecule has 2 fully saturated rings. The SMILES string of the molecule is COCCOCCOC1CC(Cl)C12CCCCC2. The number of ether oxygens (including phenoxy) is 3. The predicted molar refractivity (Wildman–Crippen MR) is 72.2 cm³/mol. The molecule has 4 heteroatoms. The van der Waals surface area contributed by atoms with Crippen LogP contribution in [0.1, 0.15) is 38.5 Å². The van der Waals surface area contributed by atoms with Gasteiger partial charge in [-0.25, -0.2) is 0 Å². The highest BCUT2D eigenvalue weighted by molar-refractivity contribution is 6.21. The Bertz CT molecular complexity index is 241. The van der Waals surface area contributed by atoms with Crippen molar-refractivity contribution in [1.29, 1.82) is 0 Å². The molecule has 0 aromatic heterocycles. The maximum atomic E-state index is 6.43. The molecule has 2 atom stereocenters. The van der Waals surface area contributed by atoms with Crippen LogP contribution in [0.5, 0.6) is 0 Å². The molecule has 1 spiro atoms. The molecule has 0 bridgehead atoms. The third-order valence-electron chi connectivity index (χ3n) is 4.45. The van der Waals surface area contributed by atoms with Crippen molar-refractivity contribution in [3.05, 3.63) is 0 Å². The molecule has 0 amide bonds. The molecule has 0 heterocycles. The average Bonchev–Trinajstić information content (AvgIpc) is 2.42. The molecule has 0 saturated heterocycles. The molecule has 2 unspecified atom stereocenters. The van der Waals surface area contributed by atoms with E-state index in [0.717, 1.165) is 6.42 Å². The van der Waals surface area contributed by atoms with Crippen molar-refractivity contribution < 1.29 is 14.2 Å². The molecule has 2 aliphatic rings. The van der Waals surface area contributed by atoms with Gasteiger partial charge in [0.2, 0.25) is 0 Å². The van der Waals surface area contributed by atoms with Crippen molar-refractivity contribution in [2.75, 3.05) is 33.5 Å². The van der Waals surface area contributed by atoms with E-state index in [1.54, 1.807) is 7.11 Å². The topological polar surface area (TPSA) is 27.7 Å². The molecular formula is C14H25ClO3. The van der Waals surface area contributed by atoms with E-state index in [-0.39, 0.29) is 5.41 Å². The molecule has 2 saturated carbocycles. The van der Waals surface area contributed by atoms with Gasteiger partial charge in [-0.15, -0.1) is 11.6 Å². The van der Waals surface area contributed by atoms with Crippen LogP contribution in [0, 0.1) is 5.41 Å². The van der Waals surface area contributed by atoms with Crippen molar-refractivity contribution >= 4 is 11.6 Å². The van der Waals surface area contributed by atoms with Gasteiger partial charge in [-0.2, -0.15) is 0 Å². The van der Waals surface area contributed by atoms with Gasteiger partial charge in [-0.05, 0) is 19.3 Å². The molecular weight excluding hydrogens is 252 g/mol. The minimum absolute atomic E-state index is 0.284. The lowest BCUT2D eigenvalue weighted by molar-refractivity contribution is -0.133. The summed E-state index contributed by atoms with van der Waals surface area (Å²) in [6, 6.07) is 0. The Morgan fingerprint density at radius 1 is 1.06 bits per heavy atom. The van der Waals surface area contributed by atoms with Gasteiger partial charge in [0.05, 0.1) is 32.5 Å². The molecule has 2 rings (SSSR count). The van der Waals surface area contributed by atoms with E-state index < -0.39 is 0 Å². The van der Waals surface area contributed by atoms with Gasteiger partial charge >= 0.3 is 0 Å². The van der Waals surface area contributed by atoms with Crippen LogP contribution in [0.2, 0.25) is 0 Å². The number of hydrogen-bond acceptors (Lipinski definition) is 3. The van der Waals surface area contributed by atoms with Gasteiger partial charge in [0, 0.05) is 17.9 Å². The number of alkyl halides is 1. The molecule has 18 heavy (non-hydrogen) atoms. The first-order chi connectivity index (χ1) is 8.79. The summed E-state index contributed by atoms with van der Waals surface area (Å²) >= 11 is 6.43. The van der Waals surface area contributed by atoms with Crippen molar-refractivity contribution in [1.82, 2.24) is 0 Å². The van der Waals surface area contributed by atoms with E-state index in [0.29, 0.717) is 37.9 Å². The van der Waals surface area contributed by atoms with Crippen LogP contribution in [0.15, 0.2) is 0 Å². The van der Waals surface area contributed by atoms with Crippen LogP contribution in [0.25, 0.3) is 0 Å². The highest BCUT2D eigenvalue weighted by Gasteiger charge is 2.54. The van der Waals surface area contributed by atoms with Crippen molar-refractivity contribution in [2.24, 2.45) is 5.41 Å². The van der Waals surface area contributed by atoms with Gasteiger partial charge in [-0.1, -0.05) is 19.3 Å². The first kappa shape index (κ1) is 14.6. The molecule has 2 aliphatic carbocycles. The molecule has 0 aromatic rings. The first-order valence-corrected chi connectivity index (χ1v) is 7.55. The average molecular weight is 277 g/mol. The van der Waals surface area contributed by atoms with Crippen molar-refractivity contribution in [2.45, 2.75) is 50.0 Å². The summed E-state index contributed by atoms with van der Waals surface area (Å²) in [7, 11) is 1.68. The quantitative estimate of drug-likeness (QED) is 0.528. The maximum Gasteiger partial charge on any atom is 0.0704 e. The summed E-state index contributed by atoms with van der Waals surface area (Å²) in [5, 5.41) is 0.331. The lowest BCUT2D eigenvalue weighted by atomic mass is 9.58. The van der Waals surface area contributed by atoms with Crippen LogP contribution >= 0.6 is 11.6 Å². The zero-order chi connectivity index (χ0) is 12.8. The lowest BCUT2D eigenvalue weighted by Crippen LogP contribution is -2.56. The van der Waals surface area contributed by atoms with E-state index in [1.807, 2.05) is 0 Å². The molecule has 106 valence electrons. The Balaban J connectivity index is 1.64. The summed E-state index contributed by atoms with van der Waals surface area (Å²) in [5.41, 5.74) is 0.284. The highest BCUT2D eigenvalue weighted by atomic mass is 35.5. The van der Waals surface area contributed by atoms with Crippen molar-refractivity contribution in [3.63, 3.8) is 0 Å². The Morgan fingerprint density at radius 2 is 1.78 bits per heavy atom. The summed E-state index contributed by atoms with van der Waals surface area (Å²) in [6.07, 6.45) is 7.86. The monoisotopic (exact) mass is 276 g/mol. The second kappa shape index (κ2) is 7.09.